The Kier molecular flexibility index (Phi) is 3.17. The molecule has 0 spiro atoms. The maximum atomic E-state index is 11.7. The lowest BCUT2D eigenvalue weighted by atomic mass is 10.2. The highest BCUT2D eigenvalue weighted by atomic mass is 16.2. The van der Waals surface area contributed by atoms with E-state index in [1.807, 2.05) is 6.20 Å². The molecule has 1 N–H and O–H groups in total. The molecule has 0 bridgehead atoms. The van der Waals surface area contributed by atoms with Crippen LogP contribution in [-0.4, -0.2) is 34.4 Å². The number of likely N-dealkylation sites (N-methyl/N-ethyl adjacent to an activating group) is 1. The Balaban J connectivity index is 1.98. The van der Waals surface area contributed by atoms with Gasteiger partial charge in [-0.2, -0.15) is 5.26 Å². The van der Waals surface area contributed by atoms with Gasteiger partial charge in [0.1, 0.15) is 11.8 Å². The van der Waals surface area contributed by atoms with E-state index in [0.717, 1.165) is 10.5 Å². The third kappa shape index (κ3) is 2.13. The fourth-order valence-electron chi connectivity index (χ4n) is 2.00. The number of imide groups is 1. The average Bonchev–Trinajstić information content (AvgIpc) is 2.82. The monoisotopic (exact) mass is 246 g/mol. The van der Waals surface area contributed by atoms with Crippen molar-refractivity contribution in [2.24, 2.45) is 7.05 Å². The van der Waals surface area contributed by atoms with Crippen LogP contribution in [0.25, 0.3) is 0 Å². The summed E-state index contributed by atoms with van der Waals surface area (Å²) in [7, 11) is 3.28. The van der Waals surface area contributed by atoms with Crippen molar-refractivity contribution < 1.29 is 9.59 Å². The van der Waals surface area contributed by atoms with Crippen molar-refractivity contribution in [3.05, 3.63) is 23.5 Å². The predicted octanol–water partition coefficient (Wildman–Crippen LogP) is -0.256. The fraction of sp³-hybridized carbons (Fsp3) is 0.417. The van der Waals surface area contributed by atoms with Crippen molar-refractivity contribution in [1.82, 2.24) is 14.8 Å². The van der Waals surface area contributed by atoms with E-state index >= 15 is 0 Å². The first-order chi connectivity index (χ1) is 8.52. The molecule has 1 atom stereocenters. The number of rotatable bonds is 3. The minimum absolute atomic E-state index is 0.164. The molecule has 1 aromatic heterocycles. The molecule has 6 nitrogen and oxygen atoms in total. The molecule has 1 saturated heterocycles. The van der Waals surface area contributed by atoms with Gasteiger partial charge in [0.15, 0.2) is 0 Å². The van der Waals surface area contributed by atoms with Gasteiger partial charge >= 0.3 is 0 Å². The van der Waals surface area contributed by atoms with Gasteiger partial charge in [-0.25, -0.2) is 0 Å². The Morgan fingerprint density at radius 3 is 2.72 bits per heavy atom. The molecule has 1 aromatic rings. The number of nitriles is 1. The highest BCUT2D eigenvalue weighted by Crippen LogP contribution is 2.12. The summed E-state index contributed by atoms with van der Waals surface area (Å²) >= 11 is 0. The van der Waals surface area contributed by atoms with Crippen LogP contribution in [0.1, 0.15) is 17.7 Å². The normalized spacial score (nSPS) is 19.4. The number of nitrogens with zero attached hydrogens (tertiary/aromatic N) is 3. The Morgan fingerprint density at radius 2 is 2.22 bits per heavy atom. The summed E-state index contributed by atoms with van der Waals surface area (Å²) in [6.45, 7) is 0.465. The lowest BCUT2D eigenvalue weighted by Crippen LogP contribution is -2.36. The lowest BCUT2D eigenvalue weighted by Gasteiger charge is -2.09. The first kappa shape index (κ1) is 12.3. The van der Waals surface area contributed by atoms with E-state index in [-0.39, 0.29) is 18.2 Å². The lowest BCUT2D eigenvalue weighted by molar-refractivity contribution is -0.137. The largest absolute Gasteiger partial charge is 0.342 e. The molecule has 18 heavy (non-hydrogen) atoms. The second kappa shape index (κ2) is 4.63. The number of likely N-dealkylation sites (tertiary alicyclic amines) is 1. The smallest absolute Gasteiger partial charge is 0.246 e. The van der Waals surface area contributed by atoms with Crippen LogP contribution >= 0.6 is 0 Å². The second-order valence-corrected chi connectivity index (χ2v) is 4.38. The van der Waals surface area contributed by atoms with Crippen LogP contribution in [0.5, 0.6) is 0 Å². The maximum Gasteiger partial charge on any atom is 0.246 e. The standard InChI is InChI=1S/C12H14N4O2/c1-15-7-8(3-9(15)5-13)6-14-10-4-11(17)16(2)12(10)18/h3,7,10,14H,4,6H2,1-2H3. The predicted molar refractivity (Wildman–Crippen MR) is 63.1 cm³/mol. The molecule has 1 aliphatic rings. The third-order valence-electron chi connectivity index (χ3n) is 3.11. The van der Waals surface area contributed by atoms with Crippen LogP contribution in [0.4, 0.5) is 0 Å². The maximum absolute atomic E-state index is 11.7. The number of hydrogen-bond donors (Lipinski definition) is 1. The van der Waals surface area contributed by atoms with Crippen molar-refractivity contribution in [2.45, 2.75) is 19.0 Å². The van der Waals surface area contributed by atoms with Crippen LogP contribution in [-0.2, 0) is 23.2 Å². The first-order valence-electron chi connectivity index (χ1n) is 5.62. The minimum Gasteiger partial charge on any atom is -0.342 e. The van der Waals surface area contributed by atoms with E-state index in [4.69, 9.17) is 5.26 Å². The summed E-state index contributed by atoms with van der Waals surface area (Å²) in [5, 5.41) is 11.9. The molecule has 1 aliphatic heterocycles. The van der Waals surface area contributed by atoms with Gasteiger partial charge in [0.25, 0.3) is 0 Å². The number of nitrogens with one attached hydrogen (secondary N) is 1. The molecule has 1 fully saturated rings. The van der Waals surface area contributed by atoms with E-state index in [0.29, 0.717) is 12.2 Å². The Morgan fingerprint density at radius 1 is 1.50 bits per heavy atom. The highest BCUT2D eigenvalue weighted by molar-refractivity contribution is 6.05. The SMILES string of the molecule is CN1C(=O)CC(NCc2cc(C#N)n(C)c2)C1=O. The Hall–Kier alpha value is -2.13. The van der Waals surface area contributed by atoms with Gasteiger partial charge in [-0.05, 0) is 11.6 Å². The van der Waals surface area contributed by atoms with Crippen molar-refractivity contribution >= 4 is 11.8 Å². The van der Waals surface area contributed by atoms with Crippen molar-refractivity contribution in [2.75, 3.05) is 7.05 Å². The van der Waals surface area contributed by atoms with Gasteiger partial charge in [0.2, 0.25) is 11.8 Å². The van der Waals surface area contributed by atoms with E-state index in [2.05, 4.69) is 11.4 Å². The van der Waals surface area contributed by atoms with Crippen LogP contribution in [0.2, 0.25) is 0 Å². The number of amides is 2. The van der Waals surface area contributed by atoms with E-state index < -0.39 is 6.04 Å². The number of aryl methyl sites for hydroxylation is 1. The quantitative estimate of drug-likeness (QED) is 0.746. The van der Waals surface area contributed by atoms with Crippen molar-refractivity contribution in [3.8, 4) is 6.07 Å². The number of hydrogen-bond acceptors (Lipinski definition) is 4. The third-order valence-corrected chi connectivity index (χ3v) is 3.11. The second-order valence-electron chi connectivity index (χ2n) is 4.38. The van der Waals surface area contributed by atoms with Crippen LogP contribution < -0.4 is 5.32 Å². The van der Waals surface area contributed by atoms with E-state index in [9.17, 15) is 9.59 Å². The summed E-state index contributed by atoms with van der Waals surface area (Å²) < 4.78 is 1.73. The number of aromatic nitrogens is 1. The van der Waals surface area contributed by atoms with Crippen molar-refractivity contribution in [1.29, 1.82) is 5.26 Å². The van der Waals surface area contributed by atoms with E-state index in [1.54, 1.807) is 17.7 Å². The molecule has 0 aliphatic carbocycles. The summed E-state index contributed by atoms with van der Waals surface area (Å²) in [6, 6.07) is 3.38. The van der Waals surface area contributed by atoms with Gasteiger partial charge in [0.05, 0.1) is 12.5 Å². The molecular weight excluding hydrogens is 232 g/mol. The summed E-state index contributed by atoms with van der Waals surface area (Å²) in [4.78, 5) is 24.1. The zero-order valence-electron chi connectivity index (χ0n) is 10.3. The zero-order chi connectivity index (χ0) is 13.3. The van der Waals surface area contributed by atoms with Crippen LogP contribution in [0, 0.1) is 11.3 Å². The van der Waals surface area contributed by atoms with E-state index in [1.165, 1.54) is 7.05 Å². The van der Waals surface area contributed by atoms with Gasteiger partial charge in [-0.15, -0.1) is 0 Å². The molecular formula is C12H14N4O2. The molecule has 2 rings (SSSR count). The molecule has 6 heteroatoms. The molecule has 0 saturated carbocycles. The molecule has 1 unspecified atom stereocenters. The van der Waals surface area contributed by atoms with Gasteiger partial charge in [0, 0.05) is 26.8 Å². The molecule has 0 radical (unpaired) electrons. The molecule has 2 amide bonds. The first-order valence-corrected chi connectivity index (χ1v) is 5.62. The van der Waals surface area contributed by atoms with Crippen LogP contribution in [0.15, 0.2) is 12.3 Å². The summed E-state index contributed by atoms with van der Waals surface area (Å²) in [6.07, 6.45) is 2.03. The summed E-state index contributed by atoms with van der Waals surface area (Å²) in [5.74, 6) is -0.361. The van der Waals surface area contributed by atoms with Gasteiger partial charge in [-0.1, -0.05) is 0 Å². The van der Waals surface area contributed by atoms with Crippen molar-refractivity contribution in [3.63, 3.8) is 0 Å². The topological polar surface area (TPSA) is 78.1 Å². The molecule has 2 heterocycles. The number of carbonyl (C=O) groups is 2. The minimum atomic E-state index is -0.451. The van der Waals surface area contributed by atoms with Gasteiger partial charge in [-0.3, -0.25) is 14.5 Å². The summed E-state index contributed by atoms with van der Waals surface area (Å²) in [5.41, 5.74) is 1.49. The molecule has 0 aromatic carbocycles. The fourth-order valence-corrected chi connectivity index (χ4v) is 2.00. The Bertz CT molecular complexity index is 541. The van der Waals surface area contributed by atoms with Crippen LogP contribution in [0.3, 0.4) is 0 Å². The average molecular weight is 246 g/mol. The highest BCUT2D eigenvalue weighted by Gasteiger charge is 2.35. The number of carbonyl (C=O) groups excluding carboxylic acids is 2. The van der Waals surface area contributed by atoms with Gasteiger partial charge < -0.3 is 9.88 Å². The molecule has 94 valence electrons. The zero-order valence-corrected chi connectivity index (χ0v) is 10.3. The Labute approximate surface area is 105 Å².